The average Bonchev–Trinajstić information content (AvgIpc) is 3.21. The van der Waals surface area contributed by atoms with E-state index >= 15 is 0 Å². The van der Waals surface area contributed by atoms with Crippen molar-refractivity contribution in [3.05, 3.63) is 28.2 Å². The van der Waals surface area contributed by atoms with Crippen molar-refractivity contribution in [2.75, 3.05) is 0 Å². The molecule has 1 fully saturated rings. The molecule has 1 aromatic carbocycles. The van der Waals surface area contributed by atoms with Gasteiger partial charge in [-0.3, -0.25) is 4.79 Å². The summed E-state index contributed by atoms with van der Waals surface area (Å²) < 4.78 is 32.1. The molecular weight excluding hydrogens is 376 g/mol. The molecule has 0 radical (unpaired) electrons. The van der Waals surface area contributed by atoms with Crippen molar-refractivity contribution in [1.29, 1.82) is 0 Å². The summed E-state index contributed by atoms with van der Waals surface area (Å²) in [6.45, 7) is 1.34. The van der Waals surface area contributed by atoms with E-state index in [1.807, 2.05) is 0 Å². The molecule has 1 aliphatic rings. The Bertz CT molecular complexity index is 715. The molecule has 120 valence electrons. The smallest absolute Gasteiger partial charge is 0.340 e. The van der Waals surface area contributed by atoms with E-state index in [9.17, 15) is 18.0 Å². The number of carbonyl (C=O) groups excluding carboxylic acids is 2. The zero-order valence-electron chi connectivity index (χ0n) is 11.7. The molecule has 1 saturated carbocycles. The van der Waals surface area contributed by atoms with Gasteiger partial charge in [0.25, 0.3) is 5.91 Å². The fraction of sp³-hybridized carbons (Fsp3) is 0.385. The lowest BCUT2D eigenvalue weighted by Gasteiger charge is -2.12. The van der Waals surface area contributed by atoms with Crippen LogP contribution in [0.2, 0.25) is 0 Å². The highest BCUT2D eigenvalue weighted by Gasteiger charge is 2.29. The second-order valence-corrected chi connectivity index (χ2v) is 7.56. The Morgan fingerprint density at radius 3 is 2.59 bits per heavy atom. The van der Waals surface area contributed by atoms with Gasteiger partial charge in [0.2, 0.25) is 10.0 Å². The number of carbonyl (C=O) groups is 2. The highest BCUT2D eigenvalue weighted by molar-refractivity contribution is 9.10. The fourth-order valence-corrected chi connectivity index (χ4v) is 3.34. The number of halogens is 1. The minimum absolute atomic E-state index is 0.00627. The SMILES string of the molecule is C[C@@H](OC(=O)c1cc(S(=O)(=O)NC2CC2)ccc1Br)C(N)=O. The van der Waals surface area contributed by atoms with Crippen LogP contribution in [0, 0.1) is 0 Å². The second kappa shape index (κ2) is 6.35. The van der Waals surface area contributed by atoms with E-state index in [0.717, 1.165) is 12.8 Å². The van der Waals surface area contributed by atoms with E-state index in [4.69, 9.17) is 10.5 Å². The van der Waals surface area contributed by atoms with Crippen molar-refractivity contribution >= 4 is 37.8 Å². The van der Waals surface area contributed by atoms with Crippen LogP contribution in [0.1, 0.15) is 30.1 Å². The topological polar surface area (TPSA) is 116 Å². The van der Waals surface area contributed by atoms with Crippen LogP contribution in [-0.2, 0) is 19.6 Å². The second-order valence-electron chi connectivity index (χ2n) is 4.99. The molecule has 3 N–H and O–H groups in total. The summed E-state index contributed by atoms with van der Waals surface area (Å²) in [6.07, 6.45) is 0.505. The van der Waals surface area contributed by atoms with Gasteiger partial charge in [-0.25, -0.2) is 17.9 Å². The molecule has 0 spiro atoms. The molecule has 22 heavy (non-hydrogen) atoms. The Hall–Kier alpha value is -1.45. The van der Waals surface area contributed by atoms with Crippen molar-refractivity contribution in [3.8, 4) is 0 Å². The van der Waals surface area contributed by atoms with Gasteiger partial charge in [0, 0.05) is 10.5 Å². The number of primary amides is 1. The standard InChI is InChI=1S/C13H15BrN2O5S/c1-7(12(15)17)21-13(18)10-6-9(4-5-11(10)14)22(19,20)16-8-2-3-8/h4-8,16H,2-3H2,1H3,(H2,15,17)/t7-/m1/s1. The Balaban J connectivity index is 2.26. The molecule has 9 heteroatoms. The molecule has 7 nitrogen and oxygen atoms in total. The highest BCUT2D eigenvalue weighted by atomic mass is 79.9. The van der Waals surface area contributed by atoms with E-state index < -0.39 is 28.0 Å². The third-order valence-electron chi connectivity index (χ3n) is 3.05. The van der Waals surface area contributed by atoms with Gasteiger partial charge >= 0.3 is 5.97 Å². The number of hydrogen-bond acceptors (Lipinski definition) is 5. The zero-order valence-corrected chi connectivity index (χ0v) is 14.1. The average molecular weight is 391 g/mol. The number of nitrogens with one attached hydrogen (secondary N) is 1. The van der Waals surface area contributed by atoms with E-state index in [1.54, 1.807) is 0 Å². The van der Waals surface area contributed by atoms with Gasteiger partial charge in [0.1, 0.15) is 0 Å². The van der Waals surface area contributed by atoms with Crippen LogP contribution in [0.5, 0.6) is 0 Å². The van der Waals surface area contributed by atoms with Crippen LogP contribution in [0.25, 0.3) is 0 Å². The molecule has 0 saturated heterocycles. The van der Waals surface area contributed by atoms with E-state index in [-0.39, 0.29) is 16.5 Å². The number of sulfonamides is 1. The predicted octanol–water partition coefficient (Wildman–Crippen LogP) is 0.920. The van der Waals surface area contributed by atoms with Crippen LogP contribution in [0.3, 0.4) is 0 Å². The minimum Gasteiger partial charge on any atom is -0.449 e. The van der Waals surface area contributed by atoms with Crippen LogP contribution in [0.15, 0.2) is 27.6 Å². The van der Waals surface area contributed by atoms with Gasteiger partial charge in [-0.1, -0.05) is 0 Å². The summed E-state index contributed by atoms with van der Waals surface area (Å²) in [7, 11) is -3.68. The quantitative estimate of drug-likeness (QED) is 0.700. The van der Waals surface area contributed by atoms with Crippen molar-refractivity contribution in [1.82, 2.24) is 4.72 Å². The van der Waals surface area contributed by atoms with Gasteiger partial charge in [0.15, 0.2) is 6.10 Å². The Morgan fingerprint density at radius 2 is 2.05 bits per heavy atom. The van der Waals surface area contributed by atoms with Crippen LogP contribution in [0.4, 0.5) is 0 Å². The van der Waals surface area contributed by atoms with Crippen molar-refractivity contribution < 1.29 is 22.7 Å². The Labute approximate surface area is 136 Å². The third kappa shape index (κ3) is 4.05. The Kier molecular flexibility index (Phi) is 4.88. The molecule has 0 heterocycles. The molecular formula is C13H15BrN2O5S. The van der Waals surface area contributed by atoms with Gasteiger partial charge in [-0.15, -0.1) is 0 Å². The number of nitrogens with two attached hydrogens (primary N) is 1. The first kappa shape index (κ1) is 16.9. The monoisotopic (exact) mass is 390 g/mol. The Morgan fingerprint density at radius 1 is 1.41 bits per heavy atom. The summed E-state index contributed by atoms with van der Waals surface area (Å²) in [5.74, 6) is -1.62. The maximum absolute atomic E-state index is 12.1. The first-order valence-electron chi connectivity index (χ1n) is 6.53. The molecule has 2 rings (SSSR count). The van der Waals surface area contributed by atoms with Gasteiger partial charge in [-0.2, -0.15) is 0 Å². The number of amides is 1. The molecule has 1 aliphatic carbocycles. The van der Waals surface area contributed by atoms with Gasteiger partial charge < -0.3 is 10.5 Å². The number of benzene rings is 1. The first-order valence-corrected chi connectivity index (χ1v) is 8.80. The summed E-state index contributed by atoms with van der Waals surface area (Å²) >= 11 is 3.16. The summed E-state index contributed by atoms with van der Waals surface area (Å²) in [4.78, 5) is 22.9. The molecule has 1 amide bonds. The zero-order chi connectivity index (χ0) is 16.5. The van der Waals surface area contributed by atoms with E-state index in [0.29, 0.717) is 4.47 Å². The fourth-order valence-electron chi connectivity index (χ4n) is 1.60. The largest absolute Gasteiger partial charge is 0.449 e. The van der Waals surface area contributed by atoms with E-state index in [2.05, 4.69) is 20.7 Å². The van der Waals surface area contributed by atoms with Gasteiger partial charge in [-0.05, 0) is 53.9 Å². The first-order chi connectivity index (χ1) is 10.2. The number of hydrogen-bond donors (Lipinski definition) is 2. The molecule has 1 atom stereocenters. The van der Waals surface area contributed by atoms with Crippen LogP contribution in [-0.4, -0.2) is 32.4 Å². The van der Waals surface area contributed by atoms with Crippen LogP contribution >= 0.6 is 15.9 Å². The lowest BCUT2D eigenvalue weighted by atomic mass is 10.2. The lowest BCUT2D eigenvalue weighted by molar-refractivity contribution is -0.125. The number of esters is 1. The summed E-state index contributed by atoms with van der Waals surface area (Å²) in [5, 5.41) is 0. The van der Waals surface area contributed by atoms with Crippen molar-refractivity contribution in [3.63, 3.8) is 0 Å². The summed E-state index contributed by atoms with van der Waals surface area (Å²) in [6, 6.07) is 3.97. The molecule has 0 aliphatic heterocycles. The molecule has 0 unspecified atom stereocenters. The normalized spacial score (nSPS) is 16.1. The minimum atomic E-state index is -3.68. The number of ether oxygens (including phenoxy) is 1. The van der Waals surface area contributed by atoms with Gasteiger partial charge in [0.05, 0.1) is 10.5 Å². The molecule has 0 bridgehead atoms. The summed E-state index contributed by atoms with van der Waals surface area (Å²) in [5.41, 5.74) is 5.03. The molecule has 0 aromatic heterocycles. The maximum Gasteiger partial charge on any atom is 0.340 e. The van der Waals surface area contributed by atoms with Crippen molar-refractivity contribution in [2.24, 2.45) is 5.73 Å². The number of rotatable bonds is 6. The predicted molar refractivity (Wildman–Crippen MR) is 81.6 cm³/mol. The molecule has 1 aromatic rings. The maximum atomic E-state index is 12.1. The van der Waals surface area contributed by atoms with Crippen LogP contribution < -0.4 is 10.5 Å². The lowest BCUT2D eigenvalue weighted by Crippen LogP contribution is -2.30. The third-order valence-corrected chi connectivity index (χ3v) is 5.26. The highest BCUT2D eigenvalue weighted by Crippen LogP contribution is 2.25. The van der Waals surface area contributed by atoms with E-state index in [1.165, 1.54) is 25.1 Å². The van der Waals surface area contributed by atoms with Crippen molar-refractivity contribution in [2.45, 2.75) is 36.8 Å².